The van der Waals surface area contributed by atoms with Crippen molar-refractivity contribution in [3.05, 3.63) is 142 Å². The molecular formula is C38H26N6OS. The van der Waals surface area contributed by atoms with Gasteiger partial charge in [-0.15, -0.1) is 0 Å². The minimum atomic E-state index is -0.896. The van der Waals surface area contributed by atoms with Crippen LogP contribution in [0.15, 0.2) is 126 Å². The molecule has 0 spiro atoms. The fourth-order valence-electron chi connectivity index (χ4n) is 5.35. The Morgan fingerprint density at radius 1 is 0.696 bits per heavy atom. The van der Waals surface area contributed by atoms with E-state index in [1.807, 2.05) is 72.8 Å². The van der Waals surface area contributed by atoms with Gasteiger partial charge in [-0.3, -0.25) is 0 Å². The Bertz CT molecular complexity index is 2120. The highest BCUT2D eigenvalue weighted by atomic mass is 32.1. The summed E-state index contributed by atoms with van der Waals surface area (Å²) >= 11 is 1.14. The highest BCUT2D eigenvalue weighted by Gasteiger charge is 2.38. The van der Waals surface area contributed by atoms with E-state index in [-0.39, 0.29) is 16.9 Å². The standard InChI is InChI=1S/C38H26N6OS/c1-38(2)34(33(25-41)37(45-38)29(23-39)24-40)22-19-28-18-17-27(35-36(28)43-46-42-35)16-13-26-14-20-32(21-15-26)44(30-9-5-3-6-10-30)31-11-7-4-8-12-31/h3-22H,1-2H3/b16-13+,22-19+. The molecule has 5 aromatic rings. The predicted octanol–water partition coefficient (Wildman–Crippen LogP) is 9.27. The van der Waals surface area contributed by atoms with Crippen LogP contribution in [0.5, 0.6) is 0 Å². The number of para-hydroxylation sites is 2. The first-order chi connectivity index (χ1) is 22.4. The van der Waals surface area contributed by atoms with Gasteiger partial charge in [0, 0.05) is 33.8 Å². The summed E-state index contributed by atoms with van der Waals surface area (Å²) in [6, 6.07) is 38.7. The molecule has 46 heavy (non-hydrogen) atoms. The van der Waals surface area contributed by atoms with Crippen molar-refractivity contribution < 1.29 is 4.74 Å². The number of hydrogen-bond acceptors (Lipinski definition) is 8. The molecule has 1 aliphatic heterocycles. The van der Waals surface area contributed by atoms with E-state index >= 15 is 0 Å². The molecule has 4 aromatic carbocycles. The van der Waals surface area contributed by atoms with Crippen LogP contribution >= 0.6 is 11.7 Å². The fraction of sp³-hybridized carbons (Fsp3) is 0.0789. The second kappa shape index (κ2) is 12.8. The van der Waals surface area contributed by atoms with Gasteiger partial charge in [0.1, 0.15) is 40.4 Å². The summed E-state index contributed by atoms with van der Waals surface area (Å²) in [6.07, 6.45) is 7.74. The van der Waals surface area contributed by atoms with Gasteiger partial charge in [0.2, 0.25) is 0 Å². The first-order valence-corrected chi connectivity index (χ1v) is 15.2. The van der Waals surface area contributed by atoms with Gasteiger partial charge in [-0.25, -0.2) is 0 Å². The maximum atomic E-state index is 9.85. The van der Waals surface area contributed by atoms with Crippen LogP contribution < -0.4 is 4.90 Å². The molecule has 7 nitrogen and oxygen atoms in total. The van der Waals surface area contributed by atoms with Crippen LogP contribution in [0.1, 0.15) is 30.5 Å². The maximum Gasteiger partial charge on any atom is 0.172 e. The van der Waals surface area contributed by atoms with Crippen molar-refractivity contribution in [3.8, 4) is 18.2 Å². The Morgan fingerprint density at radius 2 is 1.22 bits per heavy atom. The van der Waals surface area contributed by atoms with Gasteiger partial charge >= 0.3 is 0 Å². The van der Waals surface area contributed by atoms with Gasteiger partial charge in [-0.05, 0) is 55.8 Å². The normalized spacial score (nSPS) is 13.8. The molecule has 1 aliphatic rings. The molecule has 0 amide bonds. The quantitative estimate of drug-likeness (QED) is 0.133. The van der Waals surface area contributed by atoms with E-state index in [2.05, 4.69) is 74.3 Å². The number of fused-ring (bicyclic) bond motifs is 1. The molecule has 6 rings (SSSR count). The average Bonchev–Trinajstić information content (AvgIpc) is 3.68. The minimum Gasteiger partial charge on any atom is -0.480 e. The van der Waals surface area contributed by atoms with Crippen LogP contribution in [-0.4, -0.2) is 14.3 Å². The van der Waals surface area contributed by atoms with E-state index in [9.17, 15) is 15.8 Å². The van der Waals surface area contributed by atoms with Crippen molar-refractivity contribution in [2.75, 3.05) is 4.90 Å². The summed E-state index contributed by atoms with van der Waals surface area (Å²) < 4.78 is 15.0. The number of allylic oxidation sites excluding steroid dienone is 2. The molecule has 0 aliphatic carbocycles. The summed E-state index contributed by atoms with van der Waals surface area (Å²) in [4.78, 5) is 2.22. The SMILES string of the molecule is CC1(C)OC(=C(C#N)C#N)C(C#N)=C1/C=C/c1ccc(/C=C/c2ccc(N(c3ccccc3)c3ccccc3)cc2)c2nsnc12. The van der Waals surface area contributed by atoms with Crippen LogP contribution in [0.3, 0.4) is 0 Å². The van der Waals surface area contributed by atoms with E-state index in [1.165, 1.54) is 0 Å². The third kappa shape index (κ3) is 5.79. The number of hydrogen-bond donors (Lipinski definition) is 0. The van der Waals surface area contributed by atoms with Crippen molar-refractivity contribution in [2.45, 2.75) is 19.4 Å². The van der Waals surface area contributed by atoms with Gasteiger partial charge < -0.3 is 9.64 Å². The van der Waals surface area contributed by atoms with E-state index < -0.39 is 5.60 Å². The summed E-state index contributed by atoms with van der Waals surface area (Å²) in [7, 11) is 0. The minimum absolute atomic E-state index is 0.0129. The molecule has 0 saturated carbocycles. The molecule has 8 heteroatoms. The lowest BCUT2D eigenvalue weighted by Gasteiger charge is -2.25. The van der Waals surface area contributed by atoms with Crippen molar-refractivity contribution in [1.29, 1.82) is 15.8 Å². The third-order valence-corrected chi connectivity index (χ3v) is 8.14. The van der Waals surface area contributed by atoms with E-state index in [1.54, 1.807) is 19.9 Å². The summed E-state index contributed by atoms with van der Waals surface area (Å²) in [5, 5.41) is 28.5. The lowest BCUT2D eigenvalue weighted by Crippen LogP contribution is -2.20. The van der Waals surface area contributed by atoms with E-state index in [4.69, 9.17) is 4.74 Å². The van der Waals surface area contributed by atoms with Crippen molar-refractivity contribution in [2.24, 2.45) is 0 Å². The molecule has 0 atom stereocenters. The van der Waals surface area contributed by atoms with Crippen LogP contribution in [0, 0.1) is 34.0 Å². The fourth-order valence-corrected chi connectivity index (χ4v) is 5.94. The zero-order valence-corrected chi connectivity index (χ0v) is 25.9. The third-order valence-electron chi connectivity index (χ3n) is 7.61. The first kappa shape index (κ1) is 29.8. The summed E-state index contributed by atoms with van der Waals surface area (Å²) in [5.74, 6) is 0.0129. The largest absolute Gasteiger partial charge is 0.480 e. The van der Waals surface area contributed by atoms with Crippen molar-refractivity contribution >= 4 is 58.1 Å². The van der Waals surface area contributed by atoms with Gasteiger partial charge in [0.05, 0.1) is 11.7 Å². The second-order valence-electron chi connectivity index (χ2n) is 10.9. The first-order valence-electron chi connectivity index (χ1n) is 14.4. The monoisotopic (exact) mass is 614 g/mol. The number of nitrogens with zero attached hydrogens (tertiary/aromatic N) is 6. The second-order valence-corrected chi connectivity index (χ2v) is 11.4. The lowest BCUT2D eigenvalue weighted by atomic mass is 9.94. The molecule has 2 heterocycles. The van der Waals surface area contributed by atoms with E-state index in [0.717, 1.165) is 56.5 Å². The number of nitriles is 3. The van der Waals surface area contributed by atoms with Gasteiger partial charge in [-0.1, -0.05) is 85.0 Å². The van der Waals surface area contributed by atoms with Crippen LogP contribution in [-0.2, 0) is 4.74 Å². The smallest absolute Gasteiger partial charge is 0.172 e. The topological polar surface area (TPSA) is 110 Å². The Hall–Kier alpha value is -6.27. The molecule has 220 valence electrons. The zero-order chi connectivity index (χ0) is 32.1. The average molecular weight is 615 g/mol. The zero-order valence-electron chi connectivity index (χ0n) is 25.0. The van der Waals surface area contributed by atoms with Crippen LogP contribution in [0.25, 0.3) is 29.3 Å². The number of anilines is 3. The number of rotatable bonds is 7. The van der Waals surface area contributed by atoms with Crippen molar-refractivity contribution in [1.82, 2.24) is 8.75 Å². The Labute approximate surface area is 271 Å². The summed E-state index contributed by atoms with van der Waals surface area (Å²) in [5.41, 5.74) is 7.16. The molecule has 0 fully saturated rings. The Balaban J connectivity index is 1.28. The summed E-state index contributed by atoms with van der Waals surface area (Å²) in [6.45, 7) is 3.59. The molecule has 0 unspecified atom stereocenters. The van der Waals surface area contributed by atoms with Crippen LogP contribution in [0.4, 0.5) is 17.1 Å². The van der Waals surface area contributed by atoms with E-state index in [0.29, 0.717) is 5.57 Å². The van der Waals surface area contributed by atoms with Gasteiger partial charge in [0.15, 0.2) is 11.3 Å². The van der Waals surface area contributed by atoms with Crippen molar-refractivity contribution in [3.63, 3.8) is 0 Å². The number of ether oxygens (including phenoxy) is 1. The number of aromatic nitrogens is 2. The number of benzene rings is 4. The van der Waals surface area contributed by atoms with Gasteiger partial charge in [0.25, 0.3) is 0 Å². The Kier molecular flexibility index (Phi) is 8.26. The predicted molar refractivity (Wildman–Crippen MR) is 183 cm³/mol. The molecule has 0 bridgehead atoms. The van der Waals surface area contributed by atoms with Gasteiger partial charge in [-0.2, -0.15) is 24.5 Å². The lowest BCUT2D eigenvalue weighted by molar-refractivity contribution is 0.0954. The molecule has 0 N–H and O–H groups in total. The van der Waals surface area contributed by atoms with Crippen LogP contribution in [0.2, 0.25) is 0 Å². The highest BCUT2D eigenvalue weighted by molar-refractivity contribution is 7.00. The molecule has 1 aromatic heterocycles. The molecule has 0 saturated heterocycles. The molecule has 0 radical (unpaired) electrons. The highest BCUT2D eigenvalue weighted by Crippen LogP contribution is 2.41. The molecular weight excluding hydrogens is 589 g/mol. The Morgan fingerprint density at radius 3 is 1.74 bits per heavy atom. The maximum absolute atomic E-state index is 9.85.